The average molecular weight is 328 g/mol. The number of benzene rings is 3. The summed E-state index contributed by atoms with van der Waals surface area (Å²) in [5, 5.41) is 15.4. The number of aryl methyl sites for hydroxylation is 2. The van der Waals surface area contributed by atoms with Crippen molar-refractivity contribution in [3.8, 4) is 11.3 Å². The molecule has 0 radical (unpaired) electrons. The smallest absolute Gasteiger partial charge is 0.100 e. The first-order valence-electron chi connectivity index (χ1n) is 8.55. The van der Waals surface area contributed by atoms with Crippen molar-refractivity contribution in [1.82, 2.24) is 9.78 Å². The lowest BCUT2D eigenvalue weighted by Gasteiger charge is -2.04. The van der Waals surface area contributed by atoms with E-state index in [-0.39, 0.29) is 6.61 Å². The van der Waals surface area contributed by atoms with Crippen molar-refractivity contribution in [3.05, 3.63) is 90.0 Å². The van der Waals surface area contributed by atoms with E-state index in [2.05, 4.69) is 53.2 Å². The van der Waals surface area contributed by atoms with Gasteiger partial charge < -0.3 is 5.11 Å². The second-order valence-corrected chi connectivity index (χ2v) is 6.18. The highest BCUT2D eigenvalue weighted by Crippen LogP contribution is 2.28. The van der Waals surface area contributed by atoms with Crippen molar-refractivity contribution < 1.29 is 5.11 Å². The Morgan fingerprint density at radius 1 is 0.800 bits per heavy atom. The summed E-state index contributed by atoms with van der Waals surface area (Å²) in [5.74, 6) is 0. The van der Waals surface area contributed by atoms with Gasteiger partial charge in [-0.25, -0.2) is 0 Å². The number of hydrogen-bond acceptors (Lipinski definition) is 2. The van der Waals surface area contributed by atoms with Gasteiger partial charge in [-0.15, -0.1) is 0 Å². The summed E-state index contributed by atoms with van der Waals surface area (Å²) >= 11 is 0. The van der Waals surface area contributed by atoms with Crippen molar-refractivity contribution >= 4 is 10.9 Å². The summed E-state index contributed by atoms with van der Waals surface area (Å²) in [6.45, 7) is 0.880. The Kier molecular flexibility index (Phi) is 4.32. The molecule has 3 aromatic carbocycles. The van der Waals surface area contributed by atoms with Crippen molar-refractivity contribution in [2.75, 3.05) is 0 Å². The molecule has 0 atom stereocenters. The SMILES string of the molecule is OCc1cccc(-c2nn(CCc3ccccc3)c3ccccc23)c1. The monoisotopic (exact) mass is 328 g/mol. The van der Waals surface area contributed by atoms with Crippen LogP contribution in [0.4, 0.5) is 0 Å². The Morgan fingerprint density at radius 3 is 2.40 bits per heavy atom. The molecular formula is C22H20N2O. The molecule has 1 N–H and O–H groups in total. The van der Waals surface area contributed by atoms with Gasteiger partial charge in [-0.1, -0.05) is 66.7 Å². The van der Waals surface area contributed by atoms with Crippen LogP contribution in [0.5, 0.6) is 0 Å². The molecule has 0 aliphatic heterocycles. The van der Waals surface area contributed by atoms with E-state index in [1.165, 1.54) is 5.56 Å². The van der Waals surface area contributed by atoms with Crippen LogP contribution in [-0.2, 0) is 19.6 Å². The van der Waals surface area contributed by atoms with Gasteiger partial charge in [0.15, 0.2) is 0 Å². The first-order valence-corrected chi connectivity index (χ1v) is 8.55. The van der Waals surface area contributed by atoms with Gasteiger partial charge in [0.1, 0.15) is 5.69 Å². The zero-order valence-electron chi connectivity index (χ0n) is 14.0. The van der Waals surface area contributed by atoms with Gasteiger partial charge in [-0.3, -0.25) is 4.68 Å². The lowest BCUT2D eigenvalue weighted by Crippen LogP contribution is -2.03. The van der Waals surface area contributed by atoms with Gasteiger partial charge in [0.25, 0.3) is 0 Å². The quantitative estimate of drug-likeness (QED) is 0.588. The highest BCUT2D eigenvalue weighted by atomic mass is 16.3. The number of nitrogens with zero attached hydrogens (tertiary/aromatic N) is 2. The fourth-order valence-electron chi connectivity index (χ4n) is 3.21. The van der Waals surface area contributed by atoms with Crippen LogP contribution < -0.4 is 0 Å². The second-order valence-electron chi connectivity index (χ2n) is 6.18. The summed E-state index contributed by atoms with van der Waals surface area (Å²) in [4.78, 5) is 0. The van der Waals surface area contributed by atoms with Gasteiger partial charge in [0.2, 0.25) is 0 Å². The maximum Gasteiger partial charge on any atom is 0.100 e. The molecule has 4 aromatic rings. The third-order valence-electron chi connectivity index (χ3n) is 4.50. The molecule has 1 heterocycles. The minimum Gasteiger partial charge on any atom is -0.392 e. The van der Waals surface area contributed by atoms with Crippen LogP contribution in [0.15, 0.2) is 78.9 Å². The maximum atomic E-state index is 9.41. The fraction of sp³-hybridized carbons (Fsp3) is 0.136. The van der Waals surface area contributed by atoms with E-state index in [1.807, 2.05) is 30.3 Å². The predicted molar refractivity (Wildman–Crippen MR) is 101 cm³/mol. The molecule has 4 rings (SSSR count). The normalized spacial score (nSPS) is 11.1. The number of rotatable bonds is 5. The molecule has 0 aliphatic carbocycles. The topological polar surface area (TPSA) is 38.1 Å². The third-order valence-corrected chi connectivity index (χ3v) is 4.50. The molecule has 0 unspecified atom stereocenters. The van der Waals surface area contributed by atoms with Crippen LogP contribution in [0, 0.1) is 0 Å². The van der Waals surface area contributed by atoms with Gasteiger partial charge in [0, 0.05) is 17.5 Å². The Morgan fingerprint density at radius 2 is 1.56 bits per heavy atom. The van der Waals surface area contributed by atoms with Gasteiger partial charge in [-0.2, -0.15) is 5.10 Å². The Labute approximate surface area is 147 Å². The number of aromatic nitrogens is 2. The highest BCUT2D eigenvalue weighted by molar-refractivity contribution is 5.93. The Balaban J connectivity index is 1.73. The Bertz CT molecular complexity index is 989. The van der Waals surface area contributed by atoms with Crippen molar-refractivity contribution in [2.24, 2.45) is 0 Å². The zero-order chi connectivity index (χ0) is 17.1. The molecule has 0 spiro atoms. The van der Waals surface area contributed by atoms with Crippen LogP contribution in [0.1, 0.15) is 11.1 Å². The van der Waals surface area contributed by atoms with Gasteiger partial charge in [-0.05, 0) is 29.7 Å². The van der Waals surface area contributed by atoms with Crippen LogP contribution in [0.2, 0.25) is 0 Å². The number of aliphatic hydroxyl groups is 1. The number of fused-ring (bicyclic) bond motifs is 1. The van der Waals surface area contributed by atoms with Crippen LogP contribution in [0.3, 0.4) is 0 Å². The first kappa shape index (κ1) is 15.6. The molecule has 3 heteroatoms. The number of aliphatic hydroxyl groups excluding tert-OH is 1. The zero-order valence-corrected chi connectivity index (χ0v) is 14.0. The lowest BCUT2D eigenvalue weighted by atomic mass is 10.1. The van der Waals surface area contributed by atoms with E-state index in [9.17, 15) is 5.11 Å². The lowest BCUT2D eigenvalue weighted by molar-refractivity contribution is 0.282. The van der Waals surface area contributed by atoms with Crippen molar-refractivity contribution in [1.29, 1.82) is 0 Å². The molecule has 0 bridgehead atoms. The summed E-state index contributed by atoms with van der Waals surface area (Å²) in [5.41, 5.74) is 5.37. The largest absolute Gasteiger partial charge is 0.392 e. The molecule has 25 heavy (non-hydrogen) atoms. The van der Waals surface area contributed by atoms with E-state index in [4.69, 9.17) is 5.10 Å². The minimum absolute atomic E-state index is 0.0422. The average Bonchev–Trinajstić information content (AvgIpc) is 3.06. The molecule has 0 saturated heterocycles. The third kappa shape index (κ3) is 3.19. The molecular weight excluding hydrogens is 308 g/mol. The van der Waals surface area contributed by atoms with E-state index < -0.39 is 0 Å². The van der Waals surface area contributed by atoms with Crippen LogP contribution >= 0.6 is 0 Å². The predicted octanol–water partition coefficient (Wildman–Crippen LogP) is 4.44. The molecule has 0 saturated carbocycles. The minimum atomic E-state index is 0.0422. The Hall–Kier alpha value is -2.91. The maximum absolute atomic E-state index is 9.41. The van der Waals surface area contributed by atoms with E-state index in [1.54, 1.807) is 0 Å². The molecule has 1 aromatic heterocycles. The van der Waals surface area contributed by atoms with Crippen LogP contribution in [-0.4, -0.2) is 14.9 Å². The van der Waals surface area contributed by atoms with E-state index in [0.717, 1.165) is 40.7 Å². The molecule has 0 aliphatic rings. The number of para-hydroxylation sites is 1. The molecule has 0 amide bonds. The summed E-state index contributed by atoms with van der Waals surface area (Å²) in [7, 11) is 0. The standard InChI is InChI=1S/C22H20N2O/c25-16-18-9-6-10-19(15-18)22-20-11-4-5-12-21(20)24(23-22)14-13-17-7-2-1-3-8-17/h1-12,15,25H,13-14,16H2. The summed E-state index contributed by atoms with van der Waals surface area (Å²) in [6.07, 6.45) is 0.947. The summed E-state index contributed by atoms with van der Waals surface area (Å²) < 4.78 is 2.09. The van der Waals surface area contributed by atoms with E-state index >= 15 is 0 Å². The molecule has 3 nitrogen and oxygen atoms in total. The van der Waals surface area contributed by atoms with Crippen molar-refractivity contribution in [2.45, 2.75) is 19.6 Å². The highest BCUT2D eigenvalue weighted by Gasteiger charge is 2.12. The van der Waals surface area contributed by atoms with Crippen LogP contribution in [0.25, 0.3) is 22.2 Å². The first-order chi connectivity index (χ1) is 12.3. The molecule has 124 valence electrons. The summed E-state index contributed by atoms with van der Waals surface area (Å²) in [6, 6.07) is 26.8. The second kappa shape index (κ2) is 6.91. The van der Waals surface area contributed by atoms with Gasteiger partial charge in [0.05, 0.1) is 12.1 Å². The van der Waals surface area contributed by atoms with E-state index in [0.29, 0.717) is 0 Å². The fourth-order valence-corrected chi connectivity index (χ4v) is 3.21. The number of hydrogen-bond donors (Lipinski definition) is 1. The van der Waals surface area contributed by atoms with Crippen molar-refractivity contribution in [3.63, 3.8) is 0 Å². The van der Waals surface area contributed by atoms with Gasteiger partial charge >= 0.3 is 0 Å². The molecule has 0 fully saturated rings.